The van der Waals surface area contributed by atoms with Crippen LogP contribution in [0.5, 0.6) is 0 Å². The van der Waals surface area contributed by atoms with Gasteiger partial charge in [0.05, 0.1) is 6.20 Å². The predicted molar refractivity (Wildman–Crippen MR) is 66.7 cm³/mol. The number of carbonyl (C=O) groups excluding carboxylic acids is 1. The third-order valence-electron chi connectivity index (χ3n) is 2.04. The van der Waals surface area contributed by atoms with Crippen LogP contribution in [0.25, 0.3) is 0 Å². The van der Waals surface area contributed by atoms with Crippen molar-refractivity contribution in [2.75, 3.05) is 5.32 Å². The topological polar surface area (TPSA) is 54.9 Å². The number of rotatable bonds is 2. The van der Waals surface area contributed by atoms with Crippen molar-refractivity contribution >= 4 is 38.4 Å². The fourth-order valence-corrected chi connectivity index (χ4v) is 2.02. The monoisotopic (exact) mass is 297 g/mol. The van der Waals surface area contributed by atoms with Crippen molar-refractivity contribution in [1.82, 2.24) is 9.59 Å². The van der Waals surface area contributed by atoms with Crippen molar-refractivity contribution < 1.29 is 4.79 Å². The van der Waals surface area contributed by atoms with E-state index in [0.29, 0.717) is 10.6 Å². The Kier molecular flexibility index (Phi) is 3.31. The first-order chi connectivity index (χ1) is 7.66. The number of anilines is 1. The fourth-order valence-electron chi connectivity index (χ4n) is 1.24. The van der Waals surface area contributed by atoms with E-state index in [-0.39, 0.29) is 5.91 Å². The van der Waals surface area contributed by atoms with Crippen molar-refractivity contribution in [2.45, 2.75) is 6.92 Å². The normalized spacial score (nSPS) is 10.1. The largest absolute Gasteiger partial charge is 0.311 e. The number of aromatic nitrogens is 2. The standard InChI is InChI=1S/C10H8BrN3OS/c1-6-2-3-7(11)4-8(6)10(15)13-9-5-12-14-16-9/h2-5H,1H3,(H,13,15). The zero-order chi connectivity index (χ0) is 11.5. The third kappa shape index (κ3) is 2.45. The van der Waals surface area contributed by atoms with E-state index in [1.807, 2.05) is 19.1 Å². The summed E-state index contributed by atoms with van der Waals surface area (Å²) in [5.74, 6) is -0.148. The van der Waals surface area contributed by atoms with E-state index in [1.54, 1.807) is 6.07 Å². The summed E-state index contributed by atoms with van der Waals surface area (Å²) >= 11 is 4.49. The van der Waals surface area contributed by atoms with E-state index in [0.717, 1.165) is 21.6 Å². The second-order valence-corrected chi connectivity index (χ2v) is 4.90. The van der Waals surface area contributed by atoms with Crippen LogP contribution in [0.15, 0.2) is 28.9 Å². The molecule has 0 bridgehead atoms. The summed E-state index contributed by atoms with van der Waals surface area (Å²) in [6.45, 7) is 1.90. The van der Waals surface area contributed by atoms with Gasteiger partial charge >= 0.3 is 0 Å². The molecule has 1 amide bonds. The van der Waals surface area contributed by atoms with Gasteiger partial charge in [0.1, 0.15) is 5.00 Å². The van der Waals surface area contributed by atoms with Gasteiger partial charge in [0.25, 0.3) is 5.91 Å². The smallest absolute Gasteiger partial charge is 0.256 e. The minimum absolute atomic E-state index is 0.148. The Labute approximate surface area is 105 Å². The Bertz CT molecular complexity index is 513. The highest BCUT2D eigenvalue weighted by molar-refractivity contribution is 9.10. The molecular weight excluding hydrogens is 290 g/mol. The van der Waals surface area contributed by atoms with Gasteiger partial charge in [0.2, 0.25) is 0 Å². The van der Waals surface area contributed by atoms with Gasteiger partial charge in [0, 0.05) is 21.6 Å². The molecule has 1 heterocycles. The summed E-state index contributed by atoms with van der Waals surface area (Å²) in [6.07, 6.45) is 1.52. The average Bonchev–Trinajstić information content (AvgIpc) is 2.74. The molecule has 0 fully saturated rings. The molecule has 16 heavy (non-hydrogen) atoms. The molecule has 2 rings (SSSR count). The minimum atomic E-state index is -0.148. The van der Waals surface area contributed by atoms with Gasteiger partial charge in [-0.15, -0.1) is 5.10 Å². The van der Waals surface area contributed by atoms with E-state index in [9.17, 15) is 4.79 Å². The summed E-state index contributed by atoms with van der Waals surface area (Å²) in [7, 11) is 0. The zero-order valence-electron chi connectivity index (χ0n) is 8.40. The first kappa shape index (κ1) is 11.2. The lowest BCUT2D eigenvalue weighted by molar-refractivity contribution is 0.102. The second-order valence-electron chi connectivity index (χ2n) is 3.20. The molecule has 0 aliphatic heterocycles. The van der Waals surface area contributed by atoms with Gasteiger partial charge < -0.3 is 5.32 Å². The van der Waals surface area contributed by atoms with E-state index < -0.39 is 0 Å². The summed E-state index contributed by atoms with van der Waals surface area (Å²) in [6, 6.07) is 5.59. The summed E-state index contributed by atoms with van der Waals surface area (Å²) < 4.78 is 4.56. The Balaban J connectivity index is 2.24. The SMILES string of the molecule is Cc1ccc(Br)cc1C(=O)Nc1cnns1. The number of aryl methyl sites for hydroxylation is 1. The van der Waals surface area contributed by atoms with Gasteiger partial charge in [0.15, 0.2) is 0 Å². The summed E-state index contributed by atoms with van der Waals surface area (Å²) in [5.41, 5.74) is 1.57. The number of halogens is 1. The number of hydrogen-bond acceptors (Lipinski definition) is 4. The lowest BCUT2D eigenvalue weighted by atomic mass is 10.1. The first-order valence-corrected chi connectivity index (χ1v) is 6.08. The number of nitrogens with one attached hydrogen (secondary N) is 1. The van der Waals surface area contributed by atoms with Crippen LogP contribution in [-0.4, -0.2) is 15.5 Å². The molecule has 6 heteroatoms. The molecule has 0 spiro atoms. The summed E-state index contributed by atoms with van der Waals surface area (Å²) in [5, 5.41) is 7.04. The van der Waals surface area contributed by atoms with Gasteiger partial charge in [-0.05, 0) is 24.6 Å². The third-order valence-corrected chi connectivity index (χ3v) is 3.12. The number of nitrogens with zero attached hydrogens (tertiary/aromatic N) is 2. The lowest BCUT2D eigenvalue weighted by Crippen LogP contribution is -2.12. The van der Waals surface area contributed by atoms with Crippen molar-refractivity contribution in [2.24, 2.45) is 0 Å². The Morgan fingerprint density at radius 1 is 1.50 bits per heavy atom. The van der Waals surface area contributed by atoms with Crippen LogP contribution in [0.2, 0.25) is 0 Å². The molecule has 0 saturated carbocycles. The number of amides is 1. The Morgan fingerprint density at radius 3 is 3.00 bits per heavy atom. The van der Waals surface area contributed by atoms with Crippen LogP contribution >= 0.6 is 27.5 Å². The van der Waals surface area contributed by atoms with Crippen LogP contribution in [0.1, 0.15) is 15.9 Å². The molecular formula is C10H8BrN3OS. The van der Waals surface area contributed by atoms with E-state index in [2.05, 4.69) is 30.8 Å². The van der Waals surface area contributed by atoms with Crippen molar-refractivity contribution in [3.8, 4) is 0 Å². The van der Waals surface area contributed by atoms with Crippen molar-refractivity contribution in [1.29, 1.82) is 0 Å². The average molecular weight is 298 g/mol. The molecule has 2 aromatic rings. The van der Waals surface area contributed by atoms with E-state index in [4.69, 9.17) is 0 Å². The number of carbonyl (C=O) groups is 1. The maximum atomic E-state index is 11.9. The van der Waals surface area contributed by atoms with Crippen molar-refractivity contribution in [3.63, 3.8) is 0 Å². The van der Waals surface area contributed by atoms with Crippen molar-refractivity contribution in [3.05, 3.63) is 40.0 Å². The van der Waals surface area contributed by atoms with Crippen LogP contribution in [-0.2, 0) is 0 Å². The molecule has 0 aliphatic carbocycles. The molecule has 82 valence electrons. The minimum Gasteiger partial charge on any atom is -0.311 e. The highest BCUT2D eigenvalue weighted by Crippen LogP contribution is 2.18. The highest BCUT2D eigenvalue weighted by atomic mass is 79.9. The van der Waals surface area contributed by atoms with Gasteiger partial charge in [-0.25, -0.2) is 0 Å². The van der Waals surface area contributed by atoms with Crippen LogP contribution in [0.4, 0.5) is 5.00 Å². The van der Waals surface area contributed by atoms with Crippen LogP contribution in [0.3, 0.4) is 0 Å². The maximum absolute atomic E-state index is 11.9. The molecule has 0 atom stereocenters. The molecule has 4 nitrogen and oxygen atoms in total. The molecule has 0 unspecified atom stereocenters. The van der Waals surface area contributed by atoms with Crippen LogP contribution in [0, 0.1) is 6.92 Å². The highest BCUT2D eigenvalue weighted by Gasteiger charge is 2.10. The van der Waals surface area contributed by atoms with Crippen LogP contribution < -0.4 is 5.32 Å². The molecule has 1 N–H and O–H groups in total. The van der Waals surface area contributed by atoms with Gasteiger partial charge in [-0.1, -0.05) is 26.5 Å². The Hall–Kier alpha value is -1.27. The lowest BCUT2D eigenvalue weighted by Gasteiger charge is -2.05. The number of hydrogen-bond donors (Lipinski definition) is 1. The molecule has 1 aromatic heterocycles. The zero-order valence-corrected chi connectivity index (χ0v) is 10.8. The molecule has 0 aliphatic rings. The van der Waals surface area contributed by atoms with E-state index in [1.165, 1.54) is 6.20 Å². The quantitative estimate of drug-likeness (QED) is 0.927. The van der Waals surface area contributed by atoms with Gasteiger partial charge in [-0.3, -0.25) is 4.79 Å². The Morgan fingerprint density at radius 2 is 2.31 bits per heavy atom. The molecule has 0 saturated heterocycles. The van der Waals surface area contributed by atoms with Gasteiger partial charge in [-0.2, -0.15) is 0 Å². The first-order valence-electron chi connectivity index (χ1n) is 4.51. The van der Waals surface area contributed by atoms with E-state index >= 15 is 0 Å². The summed E-state index contributed by atoms with van der Waals surface area (Å²) in [4.78, 5) is 11.9. The number of benzene rings is 1. The molecule has 1 aromatic carbocycles. The maximum Gasteiger partial charge on any atom is 0.256 e. The fraction of sp³-hybridized carbons (Fsp3) is 0.100. The second kappa shape index (κ2) is 4.71. The predicted octanol–water partition coefficient (Wildman–Crippen LogP) is 2.86. The molecule has 0 radical (unpaired) electrons.